The van der Waals surface area contributed by atoms with E-state index in [2.05, 4.69) is 22.6 Å². The van der Waals surface area contributed by atoms with Crippen LogP contribution in [-0.4, -0.2) is 0 Å². The normalized spacial score (nSPS) is 10.4. The van der Waals surface area contributed by atoms with Crippen LogP contribution in [-0.2, 0) is 4.43 Å². The second-order valence-corrected chi connectivity index (χ2v) is 4.53. The van der Waals surface area contributed by atoms with Gasteiger partial charge in [-0.1, -0.05) is 59.0 Å². The summed E-state index contributed by atoms with van der Waals surface area (Å²) in [6, 6.07) is 13.3. The Labute approximate surface area is 109 Å². The Bertz CT molecular complexity index is 468. The van der Waals surface area contributed by atoms with E-state index < -0.39 is 0 Å². The van der Waals surface area contributed by atoms with Crippen LogP contribution in [0.2, 0.25) is 0 Å². The van der Waals surface area contributed by atoms with Crippen molar-refractivity contribution in [3.8, 4) is 11.1 Å². The number of halogens is 2. The highest BCUT2D eigenvalue weighted by Gasteiger charge is 2.07. The van der Waals surface area contributed by atoms with Crippen LogP contribution in [0.15, 0.2) is 42.5 Å². The molecule has 0 saturated carbocycles. The average Bonchev–Trinajstić information content (AvgIpc) is 2.30. The molecule has 2 rings (SSSR count). The number of benzene rings is 2. The van der Waals surface area contributed by atoms with Gasteiger partial charge in [0.25, 0.3) is 0 Å². The summed E-state index contributed by atoms with van der Waals surface area (Å²) < 4.78 is 14.7. The highest BCUT2D eigenvalue weighted by molar-refractivity contribution is 14.1. The maximum Gasteiger partial charge on any atom is 0.131 e. The van der Waals surface area contributed by atoms with Gasteiger partial charge in [-0.3, -0.25) is 0 Å². The van der Waals surface area contributed by atoms with E-state index in [9.17, 15) is 4.39 Å². The first kappa shape index (κ1) is 11.6. The Balaban J connectivity index is 2.50. The first-order chi connectivity index (χ1) is 7.72. The van der Waals surface area contributed by atoms with E-state index in [1.807, 2.05) is 37.3 Å². The van der Waals surface area contributed by atoms with Gasteiger partial charge in [-0.15, -0.1) is 0 Å². The van der Waals surface area contributed by atoms with Crippen LogP contribution in [0, 0.1) is 12.7 Å². The van der Waals surface area contributed by atoms with Crippen LogP contribution < -0.4 is 0 Å². The fourth-order valence-electron chi connectivity index (χ4n) is 1.76. The summed E-state index contributed by atoms with van der Waals surface area (Å²) in [7, 11) is 0. The molecule has 0 atom stereocenters. The van der Waals surface area contributed by atoms with Gasteiger partial charge in [0.05, 0.1) is 0 Å². The van der Waals surface area contributed by atoms with Crippen molar-refractivity contribution in [3.63, 3.8) is 0 Å². The third kappa shape index (κ3) is 2.26. The highest BCUT2D eigenvalue weighted by Crippen LogP contribution is 2.26. The molecule has 0 radical (unpaired) electrons. The summed E-state index contributed by atoms with van der Waals surface area (Å²) in [5.74, 6) is -0.151. The quantitative estimate of drug-likeness (QED) is 0.553. The predicted molar refractivity (Wildman–Crippen MR) is 74.3 cm³/mol. The number of hydrogen-bond donors (Lipinski definition) is 0. The van der Waals surface area contributed by atoms with Crippen LogP contribution >= 0.6 is 22.6 Å². The topological polar surface area (TPSA) is 0 Å². The largest absolute Gasteiger partial charge is 0.206 e. The molecule has 0 fully saturated rings. The Morgan fingerprint density at radius 2 is 1.75 bits per heavy atom. The number of alkyl halides is 1. The van der Waals surface area contributed by atoms with Gasteiger partial charge >= 0.3 is 0 Å². The molecule has 0 aliphatic carbocycles. The van der Waals surface area contributed by atoms with Crippen LogP contribution in [0.5, 0.6) is 0 Å². The molecule has 0 amide bonds. The van der Waals surface area contributed by atoms with Crippen LogP contribution in [0.25, 0.3) is 11.1 Å². The lowest BCUT2D eigenvalue weighted by atomic mass is 9.99. The smallest absolute Gasteiger partial charge is 0.131 e. The molecule has 0 aliphatic rings. The van der Waals surface area contributed by atoms with Crippen molar-refractivity contribution < 1.29 is 4.39 Å². The molecule has 2 aromatic carbocycles. The number of aryl methyl sites for hydroxylation is 1. The summed E-state index contributed by atoms with van der Waals surface area (Å²) in [4.78, 5) is 0. The summed E-state index contributed by atoms with van der Waals surface area (Å²) in [6.45, 7) is 1.94. The Morgan fingerprint density at radius 3 is 2.31 bits per heavy atom. The van der Waals surface area contributed by atoms with E-state index >= 15 is 0 Å². The van der Waals surface area contributed by atoms with E-state index in [0.29, 0.717) is 5.56 Å². The molecular formula is C14H12FI. The van der Waals surface area contributed by atoms with Gasteiger partial charge in [0, 0.05) is 9.99 Å². The lowest BCUT2D eigenvalue weighted by Gasteiger charge is -2.07. The van der Waals surface area contributed by atoms with Crippen molar-refractivity contribution in [2.24, 2.45) is 0 Å². The standard InChI is InChI=1S/C14H12FI/c1-10-3-2-4-13(15)14(10)12-7-5-11(9-16)6-8-12/h2-8H,9H2,1H3. The summed E-state index contributed by atoms with van der Waals surface area (Å²) in [5, 5.41) is 0. The lowest BCUT2D eigenvalue weighted by Crippen LogP contribution is -1.88. The number of hydrogen-bond acceptors (Lipinski definition) is 0. The molecule has 2 heteroatoms. The van der Waals surface area contributed by atoms with Gasteiger partial charge in [0.2, 0.25) is 0 Å². The van der Waals surface area contributed by atoms with Gasteiger partial charge in [-0.25, -0.2) is 4.39 Å². The average molecular weight is 326 g/mol. The van der Waals surface area contributed by atoms with Gasteiger partial charge in [0.15, 0.2) is 0 Å². The molecule has 0 bridgehead atoms. The van der Waals surface area contributed by atoms with Gasteiger partial charge < -0.3 is 0 Å². The van der Waals surface area contributed by atoms with Crippen molar-refractivity contribution in [2.45, 2.75) is 11.4 Å². The number of rotatable bonds is 2. The monoisotopic (exact) mass is 326 g/mol. The Kier molecular flexibility index (Phi) is 3.59. The molecule has 0 N–H and O–H groups in total. The van der Waals surface area contributed by atoms with Crippen molar-refractivity contribution in [1.82, 2.24) is 0 Å². The zero-order valence-electron chi connectivity index (χ0n) is 9.00. The predicted octanol–water partition coefficient (Wildman–Crippen LogP) is 4.74. The maximum atomic E-state index is 13.7. The van der Waals surface area contributed by atoms with Gasteiger partial charge in [-0.05, 0) is 29.7 Å². The van der Waals surface area contributed by atoms with E-state index in [0.717, 1.165) is 15.6 Å². The summed E-state index contributed by atoms with van der Waals surface area (Å²) in [5.41, 5.74) is 3.90. The minimum atomic E-state index is -0.151. The minimum Gasteiger partial charge on any atom is -0.206 e. The molecule has 0 saturated heterocycles. The highest BCUT2D eigenvalue weighted by atomic mass is 127. The molecule has 16 heavy (non-hydrogen) atoms. The summed E-state index contributed by atoms with van der Waals surface area (Å²) in [6.07, 6.45) is 0. The SMILES string of the molecule is Cc1cccc(F)c1-c1ccc(CI)cc1. The zero-order valence-corrected chi connectivity index (χ0v) is 11.2. The first-order valence-corrected chi connectivity index (χ1v) is 6.65. The maximum absolute atomic E-state index is 13.7. The third-order valence-corrected chi connectivity index (χ3v) is 3.50. The van der Waals surface area contributed by atoms with E-state index in [-0.39, 0.29) is 5.82 Å². The fraction of sp³-hybridized carbons (Fsp3) is 0.143. The molecule has 0 heterocycles. The first-order valence-electron chi connectivity index (χ1n) is 5.13. The molecule has 0 aromatic heterocycles. The van der Waals surface area contributed by atoms with Crippen LogP contribution in [0.1, 0.15) is 11.1 Å². The van der Waals surface area contributed by atoms with Crippen molar-refractivity contribution in [2.75, 3.05) is 0 Å². The second-order valence-electron chi connectivity index (χ2n) is 3.76. The lowest BCUT2D eigenvalue weighted by molar-refractivity contribution is 0.630. The molecule has 82 valence electrons. The van der Waals surface area contributed by atoms with Gasteiger partial charge in [-0.2, -0.15) is 0 Å². The molecule has 0 nitrogen and oxygen atoms in total. The molecule has 2 aromatic rings. The molecule has 0 spiro atoms. The van der Waals surface area contributed by atoms with Crippen molar-refractivity contribution in [1.29, 1.82) is 0 Å². The van der Waals surface area contributed by atoms with Crippen molar-refractivity contribution >= 4 is 22.6 Å². The summed E-state index contributed by atoms with van der Waals surface area (Å²) >= 11 is 2.32. The third-order valence-electron chi connectivity index (χ3n) is 2.62. The molecule has 0 unspecified atom stereocenters. The van der Waals surface area contributed by atoms with E-state index in [1.165, 1.54) is 11.6 Å². The molecule has 0 aliphatic heterocycles. The minimum absolute atomic E-state index is 0.151. The fourth-order valence-corrected chi connectivity index (χ4v) is 2.27. The zero-order chi connectivity index (χ0) is 11.5. The van der Waals surface area contributed by atoms with Crippen LogP contribution in [0.3, 0.4) is 0 Å². The Hall–Kier alpha value is -0.900. The van der Waals surface area contributed by atoms with E-state index in [4.69, 9.17) is 0 Å². The van der Waals surface area contributed by atoms with Crippen molar-refractivity contribution in [3.05, 3.63) is 59.4 Å². The second kappa shape index (κ2) is 4.95. The van der Waals surface area contributed by atoms with Crippen LogP contribution in [0.4, 0.5) is 4.39 Å². The molecular weight excluding hydrogens is 314 g/mol. The van der Waals surface area contributed by atoms with Gasteiger partial charge in [0.1, 0.15) is 5.82 Å². The Morgan fingerprint density at radius 1 is 1.06 bits per heavy atom. The van der Waals surface area contributed by atoms with E-state index in [1.54, 1.807) is 6.07 Å².